The fourth-order valence-electron chi connectivity index (χ4n) is 1.97. The van der Waals surface area contributed by atoms with Crippen molar-refractivity contribution in [1.82, 2.24) is 14.9 Å². The summed E-state index contributed by atoms with van der Waals surface area (Å²) in [5.74, 6) is -0.710. The van der Waals surface area contributed by atoms with Gasteiger partial charge in [-0.25, -0.2) is 4.98 Å². The second-order valence-corrected chi connectivity index (χ2v) is 4.97. The van der Waals surface area contributed by atoms with Gasteiger partial charge in [-0.3, -0.25) is 14.6 Å². The van der Waals surface area contributed by atoms with E-state index >= 15 is 0 Å². The van der Waals surface area contributed by atoms with E-state index in [1.54, 1.807) is 18.0 Å². The number of primary amides is 1. The first-order valence-corrected chi connectivity index (χ1v) is 6.96. The van der Waals surface area contributed by atoms with E-state index in [2.05, 4.69) is 9.97 Å². The lowest BCUT2D eigenvalue weighted by Gasteiger charge is -2.21. The van der Waals surface area contributed by atoms with E-state index in [-0.39, 0.29) is 24.6 Å². The third-order valence-electron chi connectivity index (χ3n) is 3.13. The Bertz CT molecular complexity index is 641. The van der Waals surface area contributed by atoms with Crippen molar-refractivity contribution in [2.75, 3.05) is 6.54 Å². The van der Waals surface area contributed by atoms with Crippen LogP contribution in [0, 0.1) is 6.92 Å². The Labute approximate surface area is 129 Å². The number of nitrogens with two attached hydrogens (primary N) is 1. The van der Waals surface area contributed by atoms with Crippen LogP contribution in [-0.4, -0.2) is 33.2 Å². The number of benzene rings is 1. The summed E-state index contributed by atoms with van der Waals surface area (Å²) >= 11 is 0. The molecule has 0 bridgehead atoms. The fraction of sp³-hybridized carbons (Fsp3) is 0.250. The predicted octanol–water partition coefficient (Wildman–Crippen LogP) is 1.30. The quantitative estimate of drug-likeness (QED) is 0.870. The van der Waals surface area contributed by atoms with Crippen molar-refractivity contribution in [1.29, 1.82) is 0 Å². The highest BCUT2D eigenvalue weighted by Crippen LogP contribution is 2.09. The maximum Gasteiger partial charge on any atom is 0.274 e. The Morgan fingerprint density at radius 3 is 2.45 bits per heavy atom. The highest BCUT2D eigenvalue weighted by molar-refractivity contribution is 5.92. The van der Waals surface area contributed by atoms with Crippen molar-refractivity contribution in [2.24, 2.45) is 5.73 Å². The molecule has 2 N–H and O–H groups in total. The van der Waals surface area contributed by atoms with E-state index in [1.807, 2.05) is 30.3 Å². The van der Waals surface area contributed by atoms with Crippen molar-refractivity contribution in [3.05, 3.63) is 59.7 Å². The molecule has 0 aliphatic heterocycles. The summed E-state index contributed by atoms with van der Waals surface area (Å²) in [6.45, 7) is 2.44. The van der Waals surface area contributed by atoms with Gasteiger partial charge in [-0.2, -0.15) is 0 Å². The van der Waals surface area contributed by atoms with Crippen LogP contribution < -0.4 is 5.73 Å². The summed E-state index contributed by atoms with van der Waals surface area (Å²) < 4.78 is 0. The normalized spacial score (nSPS) is 10.2. The van der Waals surface area contributed by atoms with Crippen molar-refractivity contribution >= 4 is 11.8 Å². The number of nitrogens with zero attached hydrogens (tertiary/aromatic N) is 3. The second-order valence-electron chi connectivity index (χ2n) is 4.97. The Balaban J connectivity index is 2.17. The van der Waals surface area contributed by atoms with Gasteiger partial charge in [-0.15, -0.1) is 0 Å². The minimum Gasteiger partial charge on any atom is -0.370 e. The molecule has 2 aromatic rings. The summed E-state index contributed by atoms with van der Waals surface area (Å²) in [6, 6.07) is 9.55. The number of rotatable bonds is 6. The molecule has 1 aromatic carbocycles. The highest BCUT2D eigenvalue weighted by Gasteiger charge is 2.18. The number of carbonyl (C=O) groups is 2. The maximum atomic E-state index is 12.5. The molecular weight excluding hydrogens is 280 g/mol. The number of aromatic nitrogens is 2. The van der Waals surface area contributed by atoms with E-state index in [0.717, 1.165) is 11.3 Å². The van der Waals surface area contributed by atoms with Gasteiger partial charge in [0, 0.05) is 25.7 Å². The Hall–Kier alpha value is -2.76. The molecule has 0 saturated heterocycles. The fourth-order valence-corrected chi connectivity index (χ4v) is 1.97. The summed E-state index contributed by atoms with van der Waals surface area (Å²) in [5.41, 5.74) is 7.16. The van der Waals surface area contributed by atoms with E-state index in [0.29, 0.717) is 6.54 Å². The first kappa shape index (κ1) is 15.6. The molecule has 0 saturated carbocycles. The molecule has 1 aromatic heterocycles. The molecule has 0 unspecified atom stereocenters. The molecule has 2 amide bonds. The van der Waals surface area contributed by atoms with E-state index in [4.69, 9.17) is 5.73 Å². The zero-order valence-corrected chi connectivity index (χ0v) is 12.4. The van der Waals surface area contributed by atoms with Crippen LogP contribution in [0.25, 0.3) is 0 Å². The van der Waals surface area contributed by atoms with Gasteiger partial charge in [0.15, 0.2) is 0 Å². The Morgan fingerprint density at radius 1 is 1.14 bits per heavy atom. The van der Waals surface area contributed by atoms with Crippen LogP contribution in [0.4, 0.5) is 0 Å². The molecule has 6 heteroatoms. The first-order valence-electron chi connectivity index (χ1n) is 6.96. The smallest absolute Gasteiger partial charge is 0.274 e. The minimum absolute atomic E-state index is 0.109. The van der Waals surface area contributed by atoms with Crippen molar-refractivity contribution < 1.29 is 9.59 Å². The largest absolute Gasteiger partial charge is 0.370 e. The van der Waals surface area contributed by atoms with Gasteiger partial charge in [-0.1, -0.05) is 30.3 Å². The number of hydrogen-bond donors (Lipinski definition) is 1. The summed E-state index contributed by atoms with van der Waals surface area (Å²) in [4.78, 5) is 33.3. The topological polar surface area (TPSA) is 89.2 Å². The number of carbonyl (C=O) groups excluding carboxylic acids is 2. The van der Waals surface area contributed by atoms with Gasteiger partial charge < -0.3 is 10.6 Å². The van der Waals surface area contributed by atoms with Crippen LogP contribution in [0.3, 0.4) is 0 Å². The average Bonchev–Trinajstić information content (AvgIpc) is 2.52. The molecule has 22 heavy (non-hydrogen) atoms. The molecule has 0 fully saturated rings. The summed E-state index contributed by atoms with van der Waals surface area (Å²) in [6.07, 6.45) is 3.10. The SMILES string of the molecule is Cc1cnc(C(=O)N(CCC(N)=O)Cc2ccccc2)cn1. The lowest BCUT2D eigenvalue weighted by Crippen LogP contribution is -2.34. The third-order valence-corrected chi connectivity index (χ3v) is 3.13. The molecule has 0 aliphatic carbocycles. The van der Waals surface area contributed by atoms with Crippen molar-refractivity contribution in [2.45, 2.75) is 19.9 Å². The average molecular weight is 298 g/mol. The van der Waals surface area contributed by atoms with E-state index in [1.165, 1.54) is 6.20 Å². The van der Waals surface area contributed by atoms with Crippen LogP contribution in [-0.2, 0) is 11.3 Å². The number of hydrogen-bond acceptors (Lipinski definition) is 4. The van der Waals surface area contributed by atoms with Gasteiger partial charge in [0.25, 0.3) is 5.91 Å². The second kappa shape index (κ2) is 7.31. The van der Waals surface area contributed by atoms with Crippen molar-refractivity contribution in [3.63, 3.8) is 0 Å². The standard InChI is InChI=1S/C16H18N4O2/c1-12-9-19-14(10-18-12)16(22)20(8-7-15(17)21)11-13-5-3-2-4-6-13/h2-6,9-10H,7-8,11H2,1H3,(H2,17,21). The minimum atomic E-state index is -0.444. The Morgan fingerprint density at radius 2 is 1.86 bits per heavy atom. The van der Waals surface area contributed by atoms with Gasteiger partial charge in [0.05, 0.1) is 11.9 Å². The number of amides is 2. The van der Waals surface area contributed by atoms with Crippen molar-refractivity contribution in [3.8, 4) is 0 Å². The summed E-state index contributed by atoms with van der Waals surface area (Å²) in [7, 11) is 0. The molecule has 1 heterocycles. The maximum absolute atomic E-state index is 12.5. The first-order chi connectivity index (χ1) is 10.6. The zero-order chi connectivity index (χ0) is 15.9. The van der Waals surface area contributed by atoms with Crippen LogP contribution in [0.2, 0.25) is 0 Å². The van der Waals surface area contributed by atoms with Crippen LogP contribution in [0.1, 0.15) is 28.2 Å². The third kappa shape index (κ3) is 4.37. The highest BCUT2D eigenvalue weighted by atomic mass is 16.2. The zero-order valence-electron chi connectivity index (χ0n) is 12.4. The molecule has 114 valence electrons. The van der Waals surface area contributed by atoms with Crippen LogP contribution in [0.15, 0.2) is 42.7 Å². The van der Waals surface area contributed by atoms with Gasteiger partial charge in [-0.05, 0) is 12.5 Å². The summed E-state index contributed by atoms with van der Waals surface area (Å²) in [5, 5.41) is 0. The molecule has 2 rings (SSSR count). The lowest BCUT2D eigenvalue weighted by atomic mass is 10.2. The predicted molar refractivity (Wildman–Crippen MR) is 81.8 cm³/mol. The Kier molecular flexibility index (Phi) is 5.19. The number of aryl methyl sites for hydroxylation is 1. The molecule has 0 atom stereocenters. The molecule has 0 spiro atoms. The van der Waals surface area contributed by atoms with E-state index < -0.39 is 5.91 Å². The van der Waals surface area contributed by atoms with E-state index in [9.17, 15) is 9.59 Å². The molecule has 0 radical (unpaired) electrons. The molecular formula is C16H18N4O2. The van der Waals surface area contributed by atoms with Gasteiger partial charge >= 0.3 is 0 Å². The lowest BCUT2D eigenvalue weighted by molar-refractivity contribution is -0.118. The monoisotopic (exact) mass is 298 g/mol. The molecule has 6 nitrogen and oxygen atoms in total. The van der Waals surface area contributed by atoms with Gasteiger partial charge in [0.1, 0.15) is 5.69 Å². The van der Waals surface area contributed by atoms with Crippen LogP contribution in [0.5, 0.6) is 0 Å². The van der Waals surface area contributed by atoms with Crippen LogP contribution >= 0.6 is 0 Å². The van der Waals surface area contributed by atoms with Gasteiger partial charge in [0.2, 0.25) is 5.91 Å². The molecule has 0 aliphatic rings.